The van der Waals surface area contributed by atoms with Gasteiger partial charge in [0.05, 0.1) is 24.3 Å². The van der Waals surface area contributed by atoms with Crippen molar-refractivity contribution in [2.24, 2.45) is 5.92 Å². The summed E-state index contributed by atoms with van der Waals surface area (Å²) in [5, 5.41) is 13.2. The highest BCUT2D eigenvalue weighted by molar-refractivity contribution is 7.10. The molecule has 0 saturated carbocycles. The van der Waals surface area contributed by atoms with E-state index < -0.39 is 17.7 Å². The van der Waals surface area contributed by atoms with Crippen molar-refractivity contribution in [2.45, 2.75) is 53.2 Å². The number of rotatable bonds is 10. The number of ether oxygens (including phenoxy) is 2. The van der Waals surface area contributed by atoms with E-state index in [1.165, 1.54) is 11.3 Å². The van der Waals surface area contributed by atoms with Crippen molar-refractivity contribution in [3.8, 4) is 5.75 Å². The van der Waals surface area contributed by atoms with E-state index in [0.717, 1.165) is 10.4 Å². The molecule has 0 spiro atoms. The van der Waals surface area contributed by atoms with Crippen LogP contribution < -0.4 is 4.74 Å². The van der Waals surface area contributed by atoms with Gasteiger partial charge in [-0.25, -0.2) is 0 Å². The smallest absolute Gasteiger partial charge is 0.295 e. The van der Waals surface area contributed by atoms with E-state index >= 15 is 0 Å². The molecule has 0 bridgehead atoms. The number of carbonyl (C=O) groups excluding carboxylic acids is 2. The lowest BCUT2D eigenvalue weighted by Gasteiger charge is -2.25. The monoisotopic (exact) mass is 471 g/mol. The number of thiophene rings is 1. The molecule has 1 aromatic carbocycles. The van der Waals surface area contributed by atoms with Gasteiger partial charge >= 0.3 is 0 Å². The number of aryl methyl sites for hydroxylation is 1. The van der Waals surface area contributed by atoms with Crippen LogP contribution in [0, 0.1) is 12.8 Å². The summed E-state index contributed by atoms with van der Waals surface area (Å²) in [6, 6.07) is 8.36. The zero-order chi connectivity index (χ0) is 24.1. The molecule has 1 N–H and O–H groups in total. The minimum Gasteiger partial charge on any atom is -0.507 e. The van der Waals surface area contributed by atoms with Gasteiger partial charge in [-0.05, 0) is 62.3 Å². The van der Waals surface area contributed by atoms with Crippen LogP contribution in [-0.2, 0) is 14.3 Å². The lowest BCUT2D eigenvalue weighted by Crippen LogP contribution is -2.31. The molecule has 1 aliphatic heterocycles. The molecule has 1 aromatic heterocycles. The van der Waals surface area contributed by atoms with Crippen LogP contribution in [-0.4, -0.2) is 47.6 Å². The Bertz CT molecular complexity index is 1020. The molecule has 2 heterocycles. The molecular weight excluding hydrogens is 438 g/mol. The largest absolute Gasteiger partial charge is 0.507 e. The lowest BCUT2D eigenvalue weighted by molar-refractivity contribution is -0.140. The van der Waals surface area contributed by atoms with Crippen molar-refractivity contribution >= 4 is 28.8 Å². The van der Waals surface area contributed by atoms with Crippen LogP contribution in [0.3, 0.4) is 0 Å². The Balaban J connectivity index is 1.98. The van der Waals surface area contributed by atoms with Crippen LogP contribution in [0.4, 0.5) is 0 Å². The fraction of sp³-hybridized carbons (Fsp3) is 0.462. The molecule has 3 rings (SSSR count). The van der Waals surface area contributed by atoms with Gasteiger partial charge in [-0.2, -0.15) is 0 Å². The number of amides is 1. The van der Waals surface area contributed by atoms with Crippen molar-refractivity contribution < 1.29 is 24.2 Å². The fourth-order valence-electron chi connectivity index (χ4n) is 3.75. The number of nitrogens with zero attached hydrogens (tertiary/aromatic N) is 1. The molecule has 6 nitrogen and oxygen atoms in total. The van der Waals surface area contributed by atoms with Gasteiger partial charge in [-0.15, -0.1) is 11.3 Å². The Labute approximate surface area is 199 Å². The van der Waals surface area contributed by atoms with Gasteiger partial charge in [0.1, 0.15) is 11.5 Å². The molecule has 1 unspecified atom stereocenters. The van der Waals surface area contributed by atoms with E-state index in [1.54, 1.807) is 23.1 Å². The topological polar surface area (TPSA) is 76.1 Å². The molecule has 33 heavy (non-hydrogen) atoms. The van der Waals surface area contributed by atoms with Gasteiger partial charge in [-0.1, -0.05) is 26.0 Å². The molecule has 7 heteroatoms. The summed E-state index contributed by atoms with van der Waals surface area (Å²) < 4.78 is 11.4. The molecule has 0 aliphatic carbocycles. The van der Waals surface area contributed by atoms with Crippen molar-refractivity contribution in [1.29, 1.82) is 0 Å². The van der Waals surface area contributed by atoms with E-state index in [4.69, 9.17) is 9.47 Å². The van der Waals surface area contributed by atoms with Crippen LogP contribution in [0.2, 0.25) is 0 Å². The van der Waals surface area contributed by atoms with Crippen molar-refractivity contribution in [3.63, 3.8) is 0 Å². The predicted octanol–water partition coefficient (Wildman–Crippen LogP) is 5.33. The van der Waals surface area contributed by atoms with Gasteiger partial charge in [0.15, 0.2) is 0 Å². The van der Waals surface area contributed by atoms with Gasteiger partial charge in [0.25, 0.3) is 11.7 Å². The van der Waals surface area contributed by atoms with Crippen LogP contribution in [0.25, 0.3) is 5.76 Å². The standard InChI is InChI=1S/C26H33NO5S/c1-16(2)15-32-20-9-6-8-19(14-20)23(28)21-22(25-18(5)10-13-33-25)27(26(30)24(21)29)11-7-12-31-17(3)4/h6,8-10,13-14,16-17,22,28H,7,11-12,15H2,1-5H3/b23-21-. The maximum atomic E-state index is 13.1. The van der Waals surface area contributed by atoms with Crippen molar-refractivity contribution in [1.82, 2.24) is 4.90 Å². The fourth-order valence-corrected chi connectivity index (χ4v) is 4.80. The highest BCUT2D eigenvalue weighted by Gasteiger charge is 2.46. The highest BCUT2D eigenvalue weighted by Crippen LogP contribution is 2.42. The van der Waals surface area contributed by atoms with E-state index in [0.29, 0.717) is 43.4 Å². The third kappa shape index (κ3) is 5.84. The van der Waals surface area contributed by atoms with E-state index in [9.17, 15) is 14.7 Å². The second-order valence-corrected chi connectivity index (χ2v) is 9.91. The Kier molecular flexibility index (Phi) is 8.32. The summed E-state index contributed by atoms with van der Waals surface area (Å²) in [7, 11) is 0. The number of hydrogen-bond acceptors (Lipinski definition) is 6. The van der Waals surface area contributed by atoms with Gasteiger partial charge < -0.3 is 19.5 Å². The first-order chi connectivity index (χ1) is 15.7. The summed E-state index contributed by atoms with van der Waals surface area (Å²) in [5.41, 5.74) is 1.56. The number of benzene rings is 1. The Morgan fingerprint density at radius 3 is 2.58 bits per heavy atom. The molecule has 2 aromatic rings. The zero-order valence-corrected chi connectivity index (χ0v) is 20.8. The number of Topliss-reactive ketones (excluding diaryl/α,β-unsaturated/α-hetero) is 1. The number of aliphatic hydroxyl groups excluding tert-OH is 1. The van der Waals surface area contributed by atoms with Crippen LogP contribution in [0.15, 0.2) is 41.3 Å². The third-order valence-corrected chi connectivity index (χ3v) is 6.45. The number of carbonyl (C=O) groups is 2. The molecule has 0 radical (unpaired) electrons. The summed E-state index contributed by atoms with van der Waals surface area (Å²) >= 11 is 1.48. The molecular formula is C26H33NO5S. The quantitative estimate of drug-likeness (QED) is 0.219. The molecule has 1 amide bonds. The molecule has 1 fully saturated rings. The molecule has 178 valence electrons. The summed E-state index contributed by atoms with van der Waals surface area (Å²) in [6.45, 7) is 11.4. The van der Waals surface area contributed by atoms with E-state index in [-0.39, 0.29) is 17.4 Å². The lowest BCUT2D eigenvalue weighted by atomic mass is 9.98. The number of ketones is 1. The maximum Gasteiger partial charge on any atom is 0.295 e. The van der Waals surface area contributed by atoms with E-state index in [2.05, 4.69) is 13.8 Å². The molecule has 1 aliphatic rings. The van der Waals surface area contributed by atoms with Gasteiger partial charge in [0.2, 0.25) is 0 Å². The number of aliphatic hydroxyl groups is 1. The normalized spacial score (nSPS) is 18.0. The minimum absolute atomic E-state index is 0.0981. The Hall–Kier alpha value is -2.64. The average molecular weight is 472 g/mol. The second kappa shape index (κ2) is 11.0. The first-order valence-corrected chi connectivity index (χ1v) is 12.3. The van der Waals surface area contributed by atoms with Crippen LogP contribution >= 0.6 is 11.3 Å². The molecule has 1 saturated heterocycles. The number of likely N-dealkylation sites (tertiary alicyclic amines) is 1. The van der Waals surface area contributed by atoms with Crippen molar-refractivity contribution in [2.75, 3.05) is 19.8 Å². The average Bonchev–Trinajstić information content (AvgIpc) is 3.30. The maximum absolute atomic E-state index is 13.1. The minimum atomic E-state index is -0.663. The zero-order valence-electron chi connectivity index (χ0n) is 20.0. The van der Waals surface area contributed by atoms with Gasteiger partial charge in [-0.3, -0.25) is 9.59 Å². The van der Waals surface area contributed by atoms with Crippen LogP contribution in [0.5, 0.6) is 5.75 Å². The summed E-state index contributed by atoms with van der Waals surface area (Å²) in [4.78, 5) is 28.6. The molecule has 1 atom stereocenters. The second-order valence-electron chi connectivity index (χ2n) is 8.97. The third-order valence-electron chi connectivity index (χ3n) is 5.38. The first-order valence-electron chi connectivity index (χ1n) is 11.4. The summed E-state index contributed by atoms with van der Waals surface area (Å²) in [6.07, 6.45) is 0.700. The predicted molar refractivity (Wildman–Crippen MR) is 131 cm³/mol. The Morgan fingerprint density at radius 2 is 1.94 bits per heavy atom. The highest BCUT2D eigenvalue weighted by atomic mass is 32.1. The van der Waals surface area contributed by atoms with Crippen molar-refractivity contribution in [3.05, 3.63) is 57.3 Å². The number of hydrogen-bond donors (Lipinski definition) is 1. The first kappa shape index (κ1) is 25.0. The Morgan fingerprint density at radius 1 is 1.18 bits per heavy atom. The van der Waals surface area contributed by atoms with E-state index in [1.807, 2.05) is 38.3 Å². The summed E-state index contributed by atoms with van der Waals surface area (Å²) in [5.74, 6) is -0.470. The SMILES string of the molecule is Cc1ccsc1C1/C(=C(/O)c2cccc(OCC(C)C)c2)C(=O)C(=O)N1CCCOC(C)C. The van der Waals surface area contributed by atoms with Gasteiger partial charge in [0, 0.05) is 23.6 Å². The van der Waals surface area contributed by atoms with Crippen LogP contribution in [0.1, 0.15) is 56.2 Å².